The number of carbonyl (C=O) groups is 3. The van der Waals surface area contributed by atoms with Crippen LogP contribution in [0.15, 0.2) is 39.1 Å². The number of rotatable bonds is 8. The Bertz CT molecular complexity index is 955. The van der Waals surface area contributed by atoms with Gasteiger partial charge in [-0.15, -0.1) is 0 Å². The fourth-order valence-electron chi connectivity index (χ4n) is 4.36. The third kappa shape index (κ3) is 4.65. The Morgan fingerprint density at radius 2 is 1.94 bits per heavy atom. The molecule has 2 heterocycles. The second-order valence-corrected chi connectivity index (χ2v) is 8.23. The van der Waals surface area contributed by atoms with Crippen LogP contribution in [0.2, 0.25) is 0 Å². The smallest absolute Gasteiger partial charge is 0.336 e. The molecule has 8 heteroatoms. The summed E-state index contributed by atoms with van der Waals surface area (Å²) in [5, 5.41) is 3.22. The largest absolute Gasteiger partial charge is 0.468 e. The number of Topliss-reactive ketones (excluding diaryl/α,β-unsaturated/α-hetero) is 1. The molecule has 1 aromatic rings. The summed E-state index contributed by atoms with van der Waals surface area (Å²) in [5.74, 6) is -2.32. The zero-order chi connectivity index (χ0) is 23.4. The van der Waals surface area contributed by atoms with Crippen LogP contribution in [0, 0.1) is 18.8 Å². The van der Waals surface area contributed by atoms with Crippen LogP contribution in [0.1, 0.15) is 51.1 Å². The summed E-state index contributed by atoms with van der Waals surface area (Å²) in [7, 11) is 1.27. The molecular weight excluding hydrogens is 414 g/mol. The Kier molecular flexibility index (Phi) is 7.56. The van der Waals surface area contributed by atoms with Gasteiger partial charge in [-0.1, -0.05) is 13.8 Å². The number of ether oxygens (including phenoxy) is 3. The number of carbonyl (C=O) groups excluding carboxylic acids is 3. The van der Waals surface area contributed by atoms with Gasteiger partial charge < -0.3 is 23.9 Å². The van der Waals surface area contributed by atoms with Crippen molar-refractivity contribution >= 4 is 17.7 Å². The van der Waals surface area contributed by atoms with Crippen molar-refractivity contribution in [3.63, 3.8) is 0 Å². The van der Waals surface area contributed by atoms with Crippen molar-refractivity contribution in [1.29, 1.82) is 0 Å². The van der Waals surface area contributed by atoms with E-state index in [4.69, 9.17) is 18.6 Å². The number of hydrogen-bond donors (Lipinski definition) is 1. The molecule has 0 unspecified atom stereocenters. The first-order chi connectivity index (χ1) is 15.3. The summed E-state index contributed by atoms with van der Waals surface area (Å²) in [6, 6.07) is 3.53. The molecule has 0 radical (unpaired) electrons. The standard InChI is InChI=1S/C24H31NO7/c1-6-9-30-10-11-31-24(28)19-15(4)25-16-12-13(2)18(23(27)29-5)22(26)20(16)21(19)17-8-7-14(3)32-17/h7-8,13,18,21,25H,6,9-12H2,1-5H3/t13-,18-,21+/m1/s1. The normalized spacial score (nSPS) is 23.0. The molecule has 0 saturated carbocycles. The van der Waals surface area contributed by atoms with Crippen LogP contribution in [0.25, 0.3) is 0 Å². The number of ketones is 1. The lowest BCUT2D eigenvalue weighted by Crippen LogP contribution is -2.43. The molecule has 174 valence electrons. The first-order valence-electron chi connectivity index (χ1n) is 10.9. The van der Waals surface area contributed by atoms with Gasteiger partial charge in [0.1, 0.15) is 24.0 Å². The molecule has 1 aromatic heterocycles. The maximum Gasteiger partial charge on any atom is 0.336 e. The summed E-state index contributed by atoms with van der Waals surface area (Å²) < 4.78 is 21.6. The molecule has 0 aromatic carbocycles. The van der Waals surface area contributed by atoms with Gasteiger partial charge in [0.2, 0.25) is 0 Å². The molecule has 1 aliphatic carbocycles. The molecule has 0 fully saturated rings. The van der Waals surface area contributed by atoms with Crippen LogP contribution in [-0.2, 0) is 28.6 Å². The molecule has 2 aliphatic rings. The van der Waals surface area contributed by atoms with Crippen molar-refractivity contribution in [3.8, 4) is 0 Å². The molecule has 8 nitrogen and oxygen atoms in total. The van der Waals surface area contributed by atoms with Crippen molar-refractivity contribution in [1.82, 2.24) is 5.32 Å². The number of dihydropyridines is 1. The highest BCUT2D eigenvalue weighted by atomic mass is 16.6. The number of nitrogens with one attached hydrogen (secondary N) is 1. The molecule has 1 N–H and O–H groups in total. The lowest BCUT2D eigenvalue weighted by atomic mass is 9.70. The maximum absolute atomic E-state index is 13.5. The van der Waals surface area contributed by atoms with E-state index in [-0.39, 0.29) is 18.3 Å². The minimum atomic E-state index is -0.933. The van der Waals surface area contributed by atoms with Crippen molar-refractivity contribution in [2.75, 3.05) is 26.9 Å². The fourth-order valence-corrected chi connectivity index (χ4v) is 4.36. The monoisotopic (exact) mass is 445 g/mol. The highest BCUT2D eigenvalue weighted by Crippen LogP contribution is 2.45. The Balaban J connectivity index is 1.98. The van der Waals surface area contributed by atoms with Crippen LogP contribution in [0.4, 0.5) is 0 Å². The minimum absolute atomic E-state index is 0.0984. The Labute approximate surface area is 188 Å². The molecule has 32 heavy (non-hydrogen) atoms. The highest BCUT2D eigenvalue weighted by molar-refractivity contribution is 6.12. The second-order valence-electron chi connectivity index (χ2n) is 8.23. The van der Waals surface area contributed by atoms with Crippen molar-refractivity contribution in [2.45, 2.75) is 46.5 Å². The molecular formula is C24H31NO7. The van der Waals surface area contributed by atoms with E-state index in [0.717, 1.165) is 6.42 Å². The number of aryl methyl sites for hydroxylation is 1. The summed E-state index contributed by atoms with van der Waals surface area (Å²) >= 11 is 0. The van der Waals surface area contributed by atoms with Gasteiger partial charge >= 0.3 is 11.9 Å². The van der Waals surface area contributed by atoms with Crippen LogP contribution in [-0.4, -0.2) is 44.7 Å². The second kappa shape index (κ2) is 10.2. The van der Waals surface area contributed by atoms with Crippen LogP contribution < -0.4 is 5.32 Å². The van der Waals surface area contributed by atoms with Gasteiger partial charge in [-0.05, 0) is 44.7 Å². The maximum atomic E-state index is 13.5. The molecule has 0 bridgehead atoms. The molecule has 0 spiro atoms. The zero-order valence-electron chi connectivity index (χ0n) is 19.3. The number of methoxy groups -OCH3 is 1. The van der Waals surface area contributed by atoms with Crippen LogP contribution >= 0.6 is 0 Å². The Hall–Kier alpha value is -2.87. The van der Waals surface area contributed by atoms with E-state index in [1.165, 1.54) is 7.11 Å². The van der Waals surface area contributed by atoms with E-state index < -0.39 is 23.8 Å². The summed E-state index contributed by atoms with van der Waals surface area (Å²) in [6.07, 6.45) is 1.35. The van der Waals surface area contributed by atoms with Gasteiger partial charge in [-0.2, -0.15) is 0 Å². The van der Waals surface area contributed by atoms with Crippen molar-refractivity contribution < 1.29 is 33.0 Å². The van der Waals surface area contributed by atoms with Gasteiger partial charge in [0.25, 0.3) is 0 Å². The van der Waals surface area contributed by atoms with Crippen molar-refractivity contribution in [3.05, 3.63) is 46.2 Å². The van der Waals surface area contributed by atoms with Crippen LogP contribution in [0.3, 0.4) is 0 Å². The van der Waals surface area contributed by atoms with E-state index in [9.17, 15) is 14.4 Å². The van der Waals surface area contributed by atoms with E-state index in [2.05, 4.69) is 5.32 Å². The fraction of sp³-hybridized carbons (Fsp3) is 0.542. The van der Waals surface area contributed by atoms with Crippen molar-refractivity contribution in [2.24, 2.45) is 11.8 Å². The summed E-state index contributed by atoms with van der Waals surface area (Å²) in [4.78, 5) is 39.0. The van der Waals surface area contributed by atoms with E-state index in [1.54, 1.807) is 26.0 Å². The lowest BCUT2D eigenvalue weighted by molar-refractivity contribution is -0.151. The molecule has 1 aliphatic heterocycles. The molecule has 3 atom stereocenters. The summed E-state index contributed by atoms with van der Waals surface area (Å²) in [5.41, 5.74) is 1.94. The average Bonchev–Trinajstić information content (AvgIpc) is 3.18. The first-order valence-corrected chi connectivity index (χ1v) is 10.9. The van der Waals surface area contributed by atoms with Gasteiger partial charge in [-0.3, -0.25) is 9.59 Å². The average molecular weight is 446 g/mol. The SMILES string of the molecule is CCCOCCOC(=O)C1=C(C)NC2=C(C(=O)[C@H](C(=O)OC)[C@H](C)C2)[C@H]1c1ccc(C)o1. The zero-order valence-corrected chi connectivity index (χ0v) is 19.3. The molecule has 3 rings (SSSR count). The number of allylic oxidation sites excluding steroid dienone is 3. The number of hydrogen-bond acceptors (Lipinski definition) is 8. The van der Waals surface area contributed by atoms with Gasteiger partial charge in [0, 0.05) is 23.6 Å². The third-order valence-electron chi connectivity index (χ3n) is 5.82. The summed E-state index contributed by atoms with van der Waals surface area (Å²) in [6.45, 7) is 8.39. The minimum Gasteiger partial charge on any atom is -0.468 e. The predicted molar refractivity (Wildman–Crippen MR) is 115 cm³/mol. The highest BCUT2D eigenvalue weighted by Gasteiger charge is 2.48. The number of furan rings is 1. The Morgan fingerprint density at radius 3 is 2.56 bits per heavy atom. The predicted octanol–water partition coefficient (Wildman–Crippen LogP) is 3.17. The van der Waals surface area contributed by atoms with E-state index in [0.29, 0.717) is 53.7 Å². The lowest BCUT2D eigenvalue weighted by Gasteiger charge is -2.37. The topological polar surface area (TPSA) is 104 Å². The quantitative estimate of drug-likeness (QED) is 0.370. The van der Waals surface area contributed by atoms with Gasteiger partial charge in [0.15, 0.2) is 5.78 Å². The van der Waals surface area contributed by atoms with Crippen LogP contribution in [0.5, 0.6) is 0 Å². The van der Waals surface area contributed by atoms with Gasteiger partial charge in [0.05, 0.1) is 25.2 Å². The molecule has 0 amide bonds. The van der Waals surface area contributed by atoms with Gasteiger partial charge in [-0.25, -0.2) is 4.79 Å². The van der Waals surface area contributed by atoms with E-state index >= 15 is 0 Å². The molecule has 0 saturated heterocycles. The van der Waals surface area contributed by atoms with E-state index in [1.807, 2.05) is 13.8 Å². The first kappa shape index (κ1) is 23.8. The third-order valence-corrected chi connectivity index (χ3v) is 5.82. The number of esters is 2. The Morgan fingerprint density at radius 1 is 1.19 bits per heavy atom.